The van der Waals surface area contributed by atoms with Gasteiger partial charge in [-0.25, -0.2) is 9.97 Å². The zero-order valence-corrected chi connectivity index (χ0v) is 21.3. The van der Waals surface area contributed by atoms with Crippen LogP contribution >= 0.6 is 0 Å². The molecule has 7 rings (SSSR count). The van der Waals surface area contributed by atoms with Crippen molar-refractivity contribution in [3.8, 4) is 22.6 Å². The highest BCUT2D eigenvalue weighted by Gasteiger charge is 2.27. The van der Waals surface area contributed by atoms with Crippen LogP contribution in [0.4, 0.5) is 5.82 Å². The van der Waals surface area contributed by atoms with Gasteiger partial charge in [-0.15, -0.1) is 10.2 Å². The number of fused-ring (bicyclic) bond motifs is 1. The first-order valence-electron chi connectivity index (χ1n) is 13.1. The maximum absolute atomic E-state index is 13.5. The predicted octanol–water partition coefficient (Wildman–Crippen LogP) is 6.03. The Morgan fingerprint density at radius 1 is 0.974 bits per heavy atom. The van der Waals surface area contributed by atoms with E-state index < -0.39 is 0 Å². The molecule has 0 unspecified atom stereocenters. The molecular formula is C30H27N7O. The minimum absolute atomic E-state index is 0.317. The molecule has 0 atom stereocenters. The van der Waals surface area contributed by atoms with Gasteiger partial charge in [-0.3, -0.25) is 9.78 Å². The molecule has 5 aromatic rings. The average Bonchev–Trinajstić information content (AvgIpc) is 3.88. The Hall–Kier alpha value is -4.46. The number of rotatable bonds is 6. The number of anilines is 1. The van der Waals surface area contributed by atoms with E-state index in [-0.39, 0.29) is 5.91 Å². The van der Waals surface area contributed by atoms with Gasteiger partial charge in [0.15, 0.2) is 5.82 Å². The van der Waals surface area contributed by atoms with E-state index in [1.807, 2.05) is 30.5 Å². The lowest BCUT2D eigenvalue weighted by Crippen LogP contribution is -2.15. The summed E-state index contributed by atoms with van der Waals surface area (Å²) in [5.74, 6) is 1.42. The highest BCUT2D eigenvalue weighted by Crippen LogP contribution is 2.40. The smallest absolute Gasteiger partial charge is 0.275 e. The zero-order chi connectivity index (χ0) is 25.8. The summed E-state index contributed by atoms with van der Waals surface area (Å²) in [5.41, 5.74) is 7.14. The molecule has 4 aromatic heterocycles. The summed E-state index contributed by atoms with van der Waals surface area (Å²) in [6, 6.07) is 16.2. The lowest BCUT2D eigenvalue weighted by atomic mass is 9.97. The summed E-state index contributed by atoms with van der Waals surface area (Å²) < 4.78 is 2.05. The number of carbonyl (C=O) groups is 1. The third-order valence-corrected chi connectivity index (χ3v) is 7.48. The van der Waals surface area contributed by atoms with Crippen LogP contribution in [0.5, 0.6) is 0 Å². The van der Waals surface area contributed by atoms with Gasteiger partial charge in [0.2, 0.25) is 0 Å². The van der Waals surface area contributed by atoms with Crippen LogP contribution < -0.4 is 5.32 Å². The van der Waals surface area contributed by atoms with Gasteiger partial charge in [0.05, 0.1) is 5.52 Å². The second-order valence-electron chi connectivity index (χ2n) is 10.4. The zero-order valence-electron chi connectivity index (χ0n) is 21.3. The Morgan fingerprint density at radius 2 is 1.82 bits per heavy atom. The summed E-state index contributed by atoms with van der Waals surface area (Å²) in [6.07, 6.45) is 8.32. The summed E-state index contributed by atoms with van der Waals surface area (Å²) in [7, 11) is 0. The first kappa shape index (κ1) is 22.7. The van der Waals surface area contributed by atoms with Crippen LogP contribution in [0.15, 0.2) is 61.1 Å². The standard InChI is InChI=1S/C30H27N7O/c1-17-12-23-22(20-8-11-24(31-15-20)19-6-7-19)14-27(33-26(23)13-18(17)2)30(38)35-28-5-3-4-25(34-28)29-36-32-16-37(29)21-9-10-21/h3-5,8,11-16,19,21H,6-7,9-10H2,1-2H3,(H,34,35,38). The molecule has 8 heteroatoms. The van der Waals surface area contributed by atoms with Crippen LogP contribution in [0, 0.1) is 13.8 Å². The molecule has 1 aromatic carbocycles. The van der Waals surface area contributed by atoms with Crippen LogP contribution in [-0.4, -0.2) is 35.6 Å². The number of hydrogen-bond acceptors (Lipinski definition) is 6. The number of benzene rings is 1. The Labute approximate surface area is 220 Å². The number of carbonyl (C=O) groups excluding carboxylic acids is 1. The number of aryl methyl sites for hydroxylation is 2. The maximum Gasteiger partial charge on any atom is 0.275 e. The second-order valence-corrected chi connectivity index (χ2v) is 10.4. The average molecular weight is 502 g/mol. The molecule has 2 saturated carbocycles. The summed E-state index contributed by atoms with van der Waals surface area (Å²) in [4.78, 5) is 27.6. The summed E-state index contributed by atoms with van der Waals surface area (Å²) >= 11 is 0. The third-order valence-electron chi connectivity index (χ3n) is 7.48. The molecule has 0 saturated heterocycles. The number of pyridine rings is 3. The molecule has 4 heterocycles. The van der Waals surface area contributed by atoms with E-state index >= 15 is 0 Å². The van der Waals surface area contributed by atoms with E-state index in [4.69, 9.17) is 9.97 Å². The van der Waals surface area contributed by atoms with Gasteiger partial charge >= 0.3 is 0 Å². The van der Waals surface area contributed by atoms with Crippen molar-refractivity contribution in [2.45, 2.75) is 51.5 Å². The fourth-order valence-corrected chi connectivity index (χ4v) is 4.88. The van der Waals surface area contributed by atoms with Crippen molar-refractivity contribution >= 4 is 22.6 Å². The molecule has 0 bridgehead atoms. The molecule has 2 aliphatic carbocycles. The predicted molar refractivity (Wildman–Crippen MR) is 146 cm³/mol. The van der Waals surface area contributed by atoms with Gasteiger partial charge in [0.1, 0.15) is 23.5 Å². The van der Waals surface area contributed by atoms with Crippen molar-refractivity contribution in [1.29, 1.82) is 0 Å². The van der Waals surface area contributed by atoms with Gasteiger partial charge in [-0.05, 0) is 92.6 Å². The van der Waals surface area contributed by atoms with Crippen LogP contribution in [0.3, 0.4) is 0 Å². The van der Waals surface area contributed by atoms with Crippen molar-refractivity contribution in [1.82, 2.24) is 29.7 Å². The van der Waals surface area contributed by atoms with Crippen LogP contribution in [0.2, 0.25) is 0 Å². The maximum atomic E-state index is 13.5. The SMILES string of the molecule is Cc1cc2nc(C(=O)Nc3cccc(-c4nncn4C4CC4)n3)cc(-c3ccc(C4CC4)nc3)c2cc1C. The number of hydrogen-bond donors (Lipinski definition) is 1. The quantitative estimate of drug-likeness (QED) is 0.305. The molecule has 1 amide bonds. The van der Waals surface area contributed by atoms with E-state index in [0.717, 1.165) is 46.1 Å². The van der Waals surface area contributed by atoms with Gasteiger partial charge in [0.25, 0.3) is 5.91 Å². The third kappa shape index (κ3) is 4.22. The monoisotopic (exact) mass is 501 g/mol. The minimum Gasteiger partial charge on any atom is -0.309 e. The molecule has 2 fully saturated rings. The van der Waals surface area contributed by atoms with Gasteiger partial charge in [-0.2, -0.15) is 0 Å². The molecule has 2 aliphatic rings. The molecule has 0 spiro atoms. The van der Waals surface area contributed by atoms with Gasteiger partial charge in [0, 0.05) is 34.8 Å². The van der Waals surface area contributed by atoms with Crippen molar-refractivity contribution in [3.63, 3.8) is 0 Å². The number of aromatic nitrogens is 6. The molecule has 1 N–H and O–H groups in total. The first-order valence-corrected chi connectivity index (χ1v) is 13.1. The number of nitrogens with zero attached hydrogens (tertiary/aromatic N) is 6. The lowest BCUT2D eigenvalue weighted by molar-refractivity contribution is 0.102. The second kappa shape index (κ2) is 8.83. The van der Waals surface area contributed by atoms with E-state index in [2.05, 4.69) is 57.1 Å². The molecule has 0 radical (unpaired) electrons. The fraction of sp³-hybridized carbons (Fsp3) is 0.267. The number of amides is 1. The number of nitrogens with one attached hydrogen (secondary N) is 1. The van der Waals surface area contributed by atoms with E-state index in [1.165, 1.54) is 18.4 Å². The highest BCUT2D eigenvalue weighted by atomic mass is 16.1. The molecule has 38 heavy (non-hydrogen) atoms. The fourth-order valence-electron chi connectivity index (χ4n) is 4.88. The Bertz CT molecular complexity index is 1700. The molecular weight excluding hydrogens is 474 g/mol. The van der Waals surface area contributed by atoms with E-state index in [0.29, 0.717) is 35.0 Å². The van der Waals surface area contributed by atoms with E-state index in [9.17, 15) is 4.79 Å². The normalized spacial score (nSPS) is 15.1. The van der Waals surface area contributed by atoms with Gasteiger partial charge < -0.3 is 9.88 Å². The van der Waals surface area contributed by atoms with Crippen LogP contribution in [0.1, 0.15) is 65.0 Å². The molecule has 188 valence electrons. The van der Waals surface area contributed by atoms with Gasteiger partial charge in [-0.1, -0.05) is 12.1 Å². The van der Waals surface area contributed by atoms with E-state index in [1.54, 1.807) is 12.4 Å². The Balaban J connectivity index is 1.24. The minimum atomic E-state index is -0.317. The highest BCUT2D eigenvalue weighted by molar-refractivity contribution is 6.06. The summed E-state index contributed by atoms with van der Waals surface area (Å²) in [5, 5.41) is 12.3. The molecule has 0 aliphatic heterocycles. The topological polar surface area (TPSA) is 98.5 Å². The van der Waals surface area contributed by atoms with Crippen molar-refractivity contribution in [2.24, 2.45) is 0 Å². The van der Waals surface area contributed by atoms with Crippen LogP contribution in [-0.2, 0) is 0 Å². The Kier molecular flexibility index (Phi) is 5.28. The lowest BCUT2D eigenvalue weighted by Gasteiger charge is -2.13. The summed E-state index contributed by atoms with van der Waals surface area (Å²) in [6.45, 7) is 4.15. The van der Waals surface area contributed by atoms with Crippen LogP contribution in [0.25, 0.3) is 33.5 Å². The largest absolute Gasteiger partial charge is 0.309 e. The molecule has 8 nitrogen and oxygen atoms in total. The van der Waals surface area contributed by atoms with Crippen molar-refractivity contribution in [2.75, 3.05) is 5.32 Å². The van der Waals surface area contributed by atoms with Crippen molar-refractivity contribution in [3.05, 3.63) is 83.6 Å². The van der Waals surface area contributed by atoms with Crippen molar-refractivity contribution < 1.29 is 4.79 Å². The first-order chi connectivity index (χ1) is 18.5. The Morgan fingerprint density at radius 3 is 2.58 bits per heavy atom.